The fraction of sp³-hybridized carbons (Fsp3) is 0.0385. The number of nitrogens with zero attached hydrogens (tertiary/aromatic N) is 1. The molecule has 0 amide bonds. The van der Waals surface area contributed by atoms with Gasteiger partial charge in [-0.15, -0.1) is 0 Å². The topological polar surface area (TPSA) is 26.0 Å². The molecule has 0 fully saturated rings. The Morgan fingerprint density at radius 2 is 1.16 bits per heavy atom. The molecule has 0 radical (unpaired) electrons. The molecule has 1 heterocycles. The third-order valence-corrected chi connectivity index (χ3v) is 5.17. The van der Waals surface area contributed by atoms with Crippen molar-refractivity contribution in [3.8, 4) is 33.7 Å². The van der Waals surface area contributed by atoms with E-state index in [2.05, 4.69) is 4.98 Å². The monoisotopic (exact) mass is 415 g/mol. The van der Waals surface area contributed by atoms with Gasteiger partial charge in [0, 0.05) is 5.56 Å². The lowest BCUT2D eigenvalue weighted by molar-refractivity contribution is -0.137. The van der Waals surface area contributed by atoms with Crippen molar-refractivity contribution in [2.24, 2.45) is 0 Å². The summed E-state index contributed by atoms with van der Waals surface area (Å²) in [6.07, 6.45) is -4.35. The second kappa shape index (κ2) is 7.43. The zero-order valence-corrected chi connectivity index (χ0v) is 16.2. The third kappa shape index (κ3) is 3.82. The Balaban J connectivity index is 1.40. The van der Waals surface area contributed by atoms with E-state index in [0.29, 0.717) is 11.5 Å². The van der Waals surface area contributed by atoms with E-state index < -0.39 is 11.7 Å². The largest absolute Gasteiger partial charge is 0.436 e. The SMILES string of the molecule is FC(F)(F)c1cccc(-c2ccc(-c3ccc(-c4nc5ccccc5o4)cc3)cc2)c1. The standard InChI is InChI=1S/C26H16F3NO/c27-26(28,29)22-5-3-4-21(16-22)19-10-8-17(9-11-19)18-12-14-20(15-13-18)25-30-23-6-1-2-7-24(23)31-25/h1-16H. The first-order valence-corrected chi connectivity index (χ1v) is 9.71. The molecule has 0 saturated carbocycles. The molecule has 5 aromatic rings. The number of para-hydroxylation sites is 2. The van der Waals surface area contributed by atoms with Crippen LogP contribution in [-0.4, -0.2) is 4.98 Å². The number of fused-ring (bicyclic) bond motifs is 1. The molecule has 152 valence electrons. The Kier molecular flexibility index (Phi) is 4.59. The van der Waals surface area contributed by atoms with E-state index >= 15 is 0 Å². The highest BCUT2D eigenvalue weighted by atomic mass is 19.4. The van der Waals surface area contributed by atoms with Crippen LogP contribution in [0.1, 0.15) is 5.56 Å². The predicted octanol–water partition coefficient (Wildman–Crippen LogP) is 7.85. The number of hydrogen-bond donors (Lipinski definition) is 0. The van der Waals surface area contributed by atoms with Gasteiger partial charge in [-0.1, -0.05) is 60.7 Å². The summed E-state index contributed by atoms with van der Waals surface area (Å²) in [5, 5.41) is 0. The van der Waals surface area contributed by atoms with E-state index in [1.165, 1.54) is 12.1 Å². The molecule has 0 bridgehead atoms. The molecule has 5 heteroatoms. The summed E-state index contributed by atoms with van der Waals surface area (Å²) in [4.78, 5) is 4.51. The van der Waals surface area contributed by atoms with Crippen LogP contribution in [-0.2, 0) is 6.18 Å². The van der Waals surface area contributed by atoms with Gasteiger partial charge in [-0.3, -0.25) is 0 Å². The molecule has 0 unspecified atom stereocenters. The first-order chi connectivity index (χ1) is 15.0. The van der Waals surface area contributed by atoms with E-state index in [1.54, 1.807) is 6.07 Å². The molecule has 0 saturated heterocycles. The molecule has 0 spiro atoms. The Labute approximate surface area is 176 Å². The minimum Gasteiger partial charge on any atom is -0.436 e. The summed E-state index contributed by atoms with van der Waals surface area (Å²) in [7, 11) is 0. The van der Waals surface area contributed by atoms with Crippen LogP contribution in [0.5, 0.6) is 0 Å². The summed E-state index contributed by atoms with van der Waals surface area (Å²) in [6, 6.07) is 28.3. The van der Waals surface area contributed by atoms with Crippen molar-refractivity contribution in [2.75, 3.05) is 0 Å². The van der Waals surface area contributed by atoms with Crippen LogP contribution in [0.3, 0.4) is 0 Å². The van der Waals surface area contributed by atoms with Gasteiger partial charge in [0.2, 0.25) is 5.89 Å². The normalized spacial score (nSPS) is 11.7. The maximum atomic E-state index is 13.0. The minimum absolute atomic E-state index is 0.535. The molecule has 0 N–H and O–H groups in total. The fourth-order valence-electron chi connectivity index (χ4n) is 3.53. The van der Waals surface area contributed by atoms with Gasteiger partial charge in [-0.2, -0.15) is 13.2 Å². The van der Waals surface area contributed by atoms with Crippen molar-refractivity contribution >= 4 is 11.1 Å². The van der Waals surface area contributed by atoms with Crippen LogP contribution in [0, 0.1) is 0 Å². The molecule has 0 aliphatic heterocycles. The Morgan fingerprint density at radius 1 is 0.581 bits per heavy atom. The lowest BCUT2D eigenvalue weighted by Gasteiger charge is -2.09. The second-order valence-electron chi connectivity index (χ2n) is 7.22. The van der Waals surface area contributed by atoms with Gasteiger partial charge in [0.05, 0.1) is 5.56 Å². The molecule has 0 atom stereocenters. The fourth-order valence-corrected chi connectivity index (χ4v) is 3.53. The van der Waals surface area contributed by atoms with Crippen LogP contribution in [0.4, 0.5) is 13.2 Å². The van der Waals surface area contributed by atoms with E-state index in [4.69, 9.17) is 4.42 Å². The zero-order chi connectivity index (χ0) is 21.4. The van der Waals surface area contributed by atoms with Crippen molar-refractivity contribution in [3.05, 3.63) is 103 Å². The van der Waals surface area contributed by atoms with Gasteiger partial charge >= 0.3 is 6.18 Å². The van der Waals surface area contributed by atoms with E-state index in [9.17, 15) is 13.2 Å². The first-order valence-electron chi connectivity index (χ1n) is 9.71. The van der Waals surface area contributed by atoms with Gasteiger partial charge in [-0.05, 0) is 58.7 Å². The number of aromatic nitrogens is 1. The second-order valence-corrected chi connectivity index (χ2v) is 7.22. The van der Waals surface area contributed by atoms with E-state index in [1.807, 2.05) is 72.8 Å². The van der Waals surface area contributed by atoms with Crippen molar-refractivity contribution in [1.29, 1.82) is 0 Å². The van der Waals surface area contributed by atoms with Crippen LogP contribution < -0.4 is 0 Å². The number of rotatable bonds is 3. The first kappa shape index (κ1) is 19.1. The molecule has 0 aliphatic carbocycles. The maximum absolute atomic E-state index is 13.0. The van der Waals surface area contributed by atoms with Crippen molar-refractivity contribution < 1.29 is 17.6 Å². The molecule has 31 heavy (non-hydrogen) atoms. The number of oxazole rings is 1. The van der Waals surface area contributed by atoms with E-state index in [-0.39, 0.29) is 0 Å². The highest BCUT2D eigenvalue weighted by molar-refractivity contribution is 5.77. The quantitative estimate of drug-likeness (QED) is 0.300. The van der Waals surface area contributed by atoms with Crippen molar-refractivity contribution in [1.82, 2.24) is 4.98 Å². The lowest BCUT2D eigenvalue weighted by Crippen LogP contribution is -2.04. The summed E-state index contributed by atoms with van der Waals surface area (Å²) < 4.78 is 44.7. The highest BCUT2D eigenvalue weighted by Crippen LogP contribution is 2.33. The zero-order valence-electron chi connectivity index (χ0n) is 16.2. The van der Waals surface area contributed by atoms with Crippen molar-refractivity contribution in [3.63, 3.8) is 0 Å². The minimum atomic E-state index is -4.35. The van der Waals surface area contributed by atoms with Gasteiger partial charge in [0.1, 0.15) is 5.52 Å². The smallest absolute Gasteiger partial charge is 0.416 e. The van der Waals surface area contributed by atoms with Crippen LogP contribution in [0.15, 0.2) is 101 Å². The molecule has 1 aromatic heterocycles. The molecule has 5 rings (SSSR count). The summed E-state index contributed by atoms with van der Waals surface area (Å²) >= 11 is 0. The Bertz CT molecular complexity index is 1320. The average Bonchev–Trinajstić information content (AvgIpc) is 3.23. The van der Waals surface area contributed by atoms with Gasteiger partial charge in [0.15, 0.2) is 5.58 Å². The van der Waals surface area contributed by atoms with Crippen LogP contribution in [0.2, 0.25) is 0 Å². The highest BCUT2D eigenvalue weighted by Gasteiger charge is 2.30. The number of alkyl halides is 3. The number of benzene rings is 4. The van der Waals surface area contributed by atoms with Gasteiger partial charge in [0.25, 0.3) is 0 Å². The predicted molar refractivity (Wildman–Crippen MR) is 115 cm³/mol. The van der Waals surface area contributed by atoms with E-state index in [0.717, 1.165) is 39.4 Å². The Hall–Kier alpha value is -3.86. The van der Waals surface area contributed by atoms with Crippen LogP contribution in [0.25, 0.3) is 44.8 Å². The van der Waals surface area contributed by atoms with Crippen LogP contribution >= 0.6 is 0 Å². The summed E-state index contributed by atoms with van der Waals surface area (Å²) in [5.74, 6) is 0.563. The molecule has 2 nitrogen and oxygen atoms in total. The molecule has 0 aliphatic rings. The number of halogens is 3. The molecule has 4 aromatic carbocycles. The summed E-state index contributed by atoms with van der Waals surface area (Å²) in [6.45, 7) is 0. The summed E-state index contributed by atoms with van der Waals surface area (Å²) in [5.41, 5.74) is 5.02. The number of hydrogen-bond acceptors (Lipinski definition) is 2. The van der Waals surface area contributed by atoms with Crippen molar-refractivity contribution in [2.45, 2.75) is 6.18 Å². The van der Waals surface area contributed by atoms with Gasteiger partial charge in [-0.25, -0.2) is 4.98 Å². The third-order valence-electron chi connectivity index (χ3n) is 5.17. The molecular weight excluding hydrogens is 399 g/mol. The lowest BCUT2D eigenvalue weighted by atomic mass is 9.98. The average molecular weight is 415 g/mol. The van der Waals surface area contributed by atoms with Gasteiger partial charge < -0.3 is 4.42 Å². The molecular formula is C26H16F3NO. The maximum Gasteiger partial charge on any atom is 0.416 e. The Morgan fingerprint density at radius 3 is 1.77 bits per heavy atom.